The molecule has 0 atom stereocenters. The summed E-state index contributed by atoms with van der Waals surface area (Å²) < 4.78 is 0. The van der Waals surface area contributed by atoms with Crippen LogP contribution in [0.2, 0.25) is 0 Å². The first kappa shape index (κ1) is 22.0. The lowest BCUT2D eigenvalue weighted by Gasteiger charge is -2.29. The second kappa shape index (κ2) is 10.9. The zero-order valence-corrected chi connectivity index (χ0v) is 18.7. The van der Waals surface area contributed by atoms with Crippen LogP contribution in [0, 0.1) is 5.92 Å². The second-order valence-electron chi connectivity index (χ2n) is 8.49. The topological polar surface area (TPSA) is 61.4 Å². The maximum atomic E-state index is 12.0. The summed E-state index contributed by atoms with van der Waals surface area (Å²) in [4.78, 5) is 25.2. The van der Waals surface area contributed by atoms with E-state index in [1.807, 2.05) is 42.5 Å². The smallest absolute Gasteiger partial charge is 0.214 e. The van der Waals surface area contributed by atoms with E-state index in [0.717, 1.165) is 53.6 Å². The minimum absolute atomic E-state index is 0.452. The highest BCUT2D eigenvalue weighted by molar-refractivity contribution is 5.83. The lowest BCUT2D eigenvalue weighted by Crippen LogP contribution is -2.31. The van der Waals surface area contributed by atoms with Crippen molar-refractivity contribution in [2.24, 2.45) is 5.92 Å². The third-order valence-corrected chi connectivity index (χ3v) is 6.14. The molecule has 2 aromatic heterocycles. The molecular weight excluding hydrogens is 398 g/mol. The normalized spacial score (nSPS) is 14.8. The average Bonchev–Trinajstić information content (AvgIpc) is 2.85. The van der Waals surface area contributed by atoms with Gasteiger partial charge >= 0.3 is 0 Å². The van der Waals surface area contributed by atoms with Gasteiger partial charge in [-0.3, -0.25) is 9.78 Å². The highest BCUT2D eigenvalue weighted by Crippen LogP contribution is 2.29. The maximum Gasteiger partial charge on any atom is 0.214 e. The molecule has 1 amide bonds. The SMILES string of the molecule is CN1CCC(CCNc2nc(-c3ccccc3)ccc2N(C=O)Cc2cccnc2)CC1. The summed E-state index contributed by atoms with van der Waals surface area (Å²) in [5, 5.41) is 3.54. The maximum absolute atomic E-state index is 12.0. The number of benzene rings is 1. The van der Waals surface area contributed by atoms with Crippen LogP contribution in [0.15, 0.2) is 67.0 Å². The van der Waals surface area contributed by atoms with E-state index in [0.29, 0.717) is 6.54 Å². The number of pyridine rings is 2. The van der Waals surface area contributed by atoms with Crippen LogP contribution in [0.5, 0.6) is 0 Å². The Bertz CT molecular complexity index is 988. The molecule has 0 spiro atoms. The van der Waals surface area contributed by atoms with Crippen molar-refractivity contribution in [1.82, 2.24) is 14.9 Å². The number of rotatable bonds is 9. The second-order valence-corrected chi connectivity index (χ2v) is 8.49. The number of carbonyl (C=O) groups excluding carboxylic acids is 1. The average molecular weight is 430 g/mol. The molecule has 0 aliphatic carbocycles. The summed E-state index contributed by atoms with van der Waals surface area (Å²) in [7, 11) is 2.19. The van der Waals surface area contributed by atoms with Crippen molar-refractivity contribution in [2.75, 3.05) is 36.9 Å². The van der Waals surface area contributed by atoms with Crippen LogP contribution in [-0.4, -0.2) is 48.0 Å². The standard InChI is InChI=1S/C26H31N5O/c1-30-16-12-21(13-17-30)11-15-28-26-25(31(20-32)19-22-6-5-14-27-18-22)10-9-24(29-26)23-7-3-2-4-8-23/h2-10,14,18,20-21H,11-13,15-17,19H2,1H3,(H,28,29). The monoisotopic (exact) mass is 429 g/mol. The lowest BCUT2D eigenvalue weighted by molar-refractivity contribution is -0.107. The molecule has 0 radical (unpaired) electrons. The van der Waals surface area contributed by atoms with Gasteiger partial charge in [0.1, 0.15) is 0 Å². The first-order valence-corrected chi connectivity index (χ1v) is 11.3. The fourth-order valence-electron chi connectivity index (χ4n) is 4.20. The molecule has 0 unspecified atom stereocenters. The van der Waals surface area contributed by atoms with Gasteiger partial charge in [-0.15, -0.1) is 0 Å². The number of likely N-dealkylation sites (tertiary alicyclic amines) is 1. The lowest BCUT2D eigenvalue weighted by atomic mass is 9.94. The quantitative estimate of drug-likeness (QED) is 0.509. The Morgan fingerprint density at radius 2 is 1.91 bits per heavy atom. The highest BCUT2D eigenvalue weighted by Gasteiger charge is 2.18. The molecule has 1 aliphatic heterocycles. The van der Waals surface area contributed by atoms with Crippen LogP contribution in [0.3, 0.4) is 0 Å². The third kappa shape index (κ3) is 5.71. The van der Waals surface area contributed by atoms with Crippen LogP contribution in [0.25, 0.3) is 11.3 Å². The third-order valence-electron chi connectivity index (χ3n) is 6.14. The van der Waals surface area contributed by atoms with Gasteiger partial charge in [-0.1, -0.05) is 36.4 Å². The van der Waals surface area contributed by atoms with Crippen molar-refractivity contribution in [3.05, 3.63) is 72.6 Å². The minimum Gasteiger partial charge on any atom is -0.368 e. The zero-order valence-electron chi connectivity index (χ0n) is 18.7. The van der Waals surface area contributed by atoms with Gasteiger partial charge in [0.25, 0.3) is 0 Å². The number of hydrogen-bond donors (Lipinski definition) is 1. The molecule has 3 aromatic rings. The van der Waals surface area contributed by atoms with Gasteiger partial charge in [-0.25, -0.2) is 4.98 Å². The highest BCUT2D eigenvalue weighted by atomic mass is 16.1. The molecule has 1 N–H and O–H groups in total. The predicted molar refractivity (Wildman–Crippen MR) is 129 cm³/mol. The van der Waals surface area contributed by atoms with Gasteiger partial charge in [0.15, 0.2) is 5.82 Å². The van der Waals surface area contributed by atoms with E-state index in [1.165, 1.54) is 25.9 Å². The molecule has 3 heterocycles. The first-order chi connectivity index (χ1) is 15.7. The Hall–Kier alpha value is -3.25. The fraction of sp³-hybridized carbons (Fsp3) is 0.346. The first-order valence-electron chi connectivity index (χ1n) is 11.3. The van der Waals surface area contributed by atoms with E-state index in [-0.39, 0.29) is 0 Å². The number of amides is 1. The molecule has 32 heavy (non-hydrogen) atoms. The van der Waals surface area contributed by atoms with Crippen molar-refractivity contribution in [3.63, 3.8) is 0 Å². The minimum atomic E-state index is 0.452. The van der Waals surface area contributed by atoms with E-state index >= 15 is 0 Å². The van der Waals surface area contributed by atoms with E-state index in [1.54, 1.807) is 17.3 Å². The summed E-state index contributed by atoms with van der Waals surface area (Å²) >= 11 is 0. The van der Waals surface area contributed by atoms with Crippen molar-refractivity contribution in [1.29, 1.82) is 0 Å². The van der Waals surface area contributed by atoms with Crippen LogP contribution >= 0.6 is 0 Å². The molecule has 4 rings (SSSR count). The number of nitrogens with one attached hydrogen (secondary N) is 1. The van der Waals surface area contributed by atoms with Crippen LogP contribution in [-0.2, 0) is 11.3 Å². The van der Waals surface area contributed by atoms with E-state index in [9.17, 15) is 4.79 Å². The van der Waals surface area contributed by atoms with Crippen LogP contribution < -0.4 is 10.2 Å². The molecule has 0 saturated carbocycles. The molecule has 166 valence electrons. The summed E-state index contributed by atoms with van der Waals surface area (Å²) in [6.45, 7) is 3.63. The Morgan fingerprint density at radius 1 is 1.09 bits per heavy atom. The largest absolute Gasteiger partial charge is 0.368 e. The Balaban J connectivity index is 1.54. The molecular formula is C26H31N5O. The Labute approximate surface area is 190 Å². The summed E-state index contributed by atoms with van der Waals surface area (Å²) in [5.41, 5.74) is 3.71. The van der Waals surface area contributed by atoms with Crippen molar-refractivity contribution in [2.45, 2.75) is 25.8 Å². The Morgan fingerprint density at radius 3 is 2.62 bits per heavy atom. The van der Waals surface area contributed by atoms with Crippen molar-refractivity contribution in [3.8, 4) is 11.3 Å². The number of piperidine rings is 1. The van der Waals surface area contributed by atoms with Crippen molar-refractivity contribution >= 4 is 17.9 Å². The molecule has 6 heteroatoms. The van der Waals surface area contributed by atoms with Gasteiger partial charge in [-0.2, -0.15) is 0 Å². The zero-order chi connectivity index (χ0) is 22.2. The molecule has 0 bridgehead atoms. The van der Waals surface area contributed by atoms with Gasteiger partial charge < -0.3 is 15.1 Å². The summed E-state index contributed by atoms with van der Waals surface area (Å²) in [6, 6.07) is 18.0. The van der Waals surface area contributed by atoms with Gasteiger partial charge in [0, 0.05) is 24.5 Å². The number of hydrogen-bond acceptors (Lipinski definition) is 5. The van der Waals surface area contributed by atoms with E-state index < -0.39 is 0 Å². The molecule has 6 nitrogen and oxygen atoms in total. The van der Waals surface area contributed by atoms with E-state index in [2.05, 4.69) is 34.4 Å². The molecule has 1 aliphatic rings. The molecule has 1 fully saturated rings. The Kier molecular flexibility index (Phi) is 7.46. The fourth-order valence-corrected chi connectivity index (χ4v) is 4.20. The predicted octanol–water partition coefficient (Wildman–Crippen LogP) is 4.45. The van der Waals surface area contributed by atoms with Crippen molar-refractivity contribution < 1.29 is 4.79 Å². The van der Waals surface area contributed by atoms with Gasteiger partial charge in [-0.05, 0) is 69.1 Å². The number of carbonyl (C=O) groups is 1. The van der Waals surface area contributed by atoms with Crippen LogP contribution in [0.1, 0.15) is 24.8 Å². The van der Waals surface area contributed by atoms with Gasteiger partial charge in [0.2, 0.25) is 6.41 Å². The molecule has 1 aromatic carbocycles. The number of anilines is 2. The molecule has 1 saturated heterocycles. The number of aromatic nitrogens is 2. The van der Waals surface area contributed by atoms with Gasteiger partial charge in [0.05, 0.1) is 17.9 Å². The summed E-state index contributed by atoms with van der Waals surface area (Å²) in [5.74, 6) is 1.48. The van der Waals surface area contributed by atoms with E-state index in [4.69, 9.17) is 4.98 Å². The number of nitrogens with zero attached hydrogens (tertiary/aromatic N) is 4. The summed E-state index contributed by atoms with van der Waals surface area (Å²) in [6.07, 6.45) is 7.98. The van der Waals surface area contributed by atoms with Crippen LogP contribution in [0.4, 0.5) is 11.5 Å².